The van der Waals surface area contributed by atoms with E-state index in [9.17, 15) is 4.79 Å². The number of carbonyl (C=O) groups excluding carboxylic acids is 1. The fourth-order valence-electron chi connectivity index (χ4n) is 3.13. The third kappa shape index (κ3) is 23.8. The number of hydrogen-bond donors (Lipinski definition) is 0. The van der Waals surface area contributed by atoms with Crippen molar-refractivity contribution < 1.29 is 4.79 Å². The number of hydrogen-bond acceptors (Lipinski definition) is 2. The minimum Gasteiger partial charge on any atom is -0.295 e. The lowest BCUT2D eigenvalue weighted by Gasteiger charge is -2.08. The van der Waals surface area contributed by atoms with E-state index in [4.69, 9.17) is 0 Å². The molecule has 0 amide bonds. The molecule has 0 saturated heterocycles. The van der Waals surface area contributed by atoms with Gasteiger partial charge in [-0.2, -0.15) is 0 Å². The Morgan fingerprint density at radius 3 is 1.94 bits per heavy atom. The molecule has 1 aromatic carbocycles. The Balaban J connectivity index is 0. The topological polar surface area (TPSA) is 30.0 Å². The second-order valence-electron chi connectivity index (χ2n) is 9.40. The van der Waals surface area contributed by atoms with Crippen LogP contribution < -0.4 is 0 Å². The van der Waals surface area contributed by atoms with Crippen molar-refractivity contribution in [1.82, 2.24) is 4.98 Å². The number of ketones is 1. The van der Waals surface area contributed by atoms with E-state index in [-0.39, 0.29) is 5.78 Å². The highest BCUT2D eigenvalue weighted by Gasteiger charge is 2.00. The minimum atomic E-state index is 0.0185. The lowest BCUT2D eigenvalue weighted by Crippen LogP contribution is -1.93. The van der Waals surface area contributed by atoms with Gasteiger partial charge in [0.15, 0.2) is 5.78 Å². The monoisotopic (exact) mass is 545 g/mol. The summed E-state index contributed by atoms with van der Waals surface area (Å²) in [5.74, 6) is 1.67. The van der Waals surface area contributed by atoms with E-state index in [0.717, 1.165) is 16.1 Å². The summed E-state index contributed by atoms with van der Waals surface area (Å²) in [6.07, 6.45) is 14.3. The first-order valence-electron chi connectivity index (χ1n) is 13.4. The van der Waals surface area contributed by atoms with Gasteiger partial charge in [-0.1, -0.05) is 120 Å². The highest BCUT2D eigenvalue weighted by molar-refractivity contribution is 9.10. The van der Waals surface area contributed by atoms with E-state index in [2.05, 4.69) is 92.4 Å². The van der Waals surface area contributed by atoms with Gasteiger partial charge in [0.1, 0.15) is 0 Å². The van der Waals surface area contributed by atoms with E-state index in [0.29, 0.717) is 5.92 Å². The highest BCUT2D eigenvalue weighted by atomic mass is 79.9. The van der Waals surface area contributed by atoms with Gasteiger partial charge < -0.3 is 0 Å². The van der Waals surface area contributed by atoms with Gasteiger partial charge in [-0.05, 0) is 74.4 Å². The third-order valence-corrected chi connectivity index (χ3v) is 6.26. The summed E-state index contributed by atoms with van der Waals surface area (Å²) in [7, 11) is 0. The van der Waals surface area contributed by atoms with E-state index < -0.39 is 0 Å². The van der Waals surface area contributed by atoms with Crippen molar-refractivity contribution in [2.75, 3.05) is 0 Å². The molecule has 0 fully saturated rings. The largest absolute Gasteiger partial charge is 0.295 e. The number of nitrogens with zero attached hydrogens (tertiary/aromatic N) is 1. The zero-order valence-electron chi connectivity index (χ0n) is 23.9. The van der Waals surface area contributed by atoms with Gasteiger partial charge >= 0.3 is 0 Å². The number of pyridine rings is 1. The maximum absolute atomic E-state index is 9.69. The molecule has 1 unspecified atom stereocenters. The number of carbonyl (C=O) groups is 1. The Morgan fingerprint density at radius 2 is 1.54 bits per heavy atom. The van der Waals surface area contributed by atoms with Crippen LogP contribution in [0.4, 0.5) is 0 Å². The maximum Gasteiger partial charge on any atom is 0.152 e. The van der Waals surface area contributed by atoms with Gasteiger partial charge in [-0.15, -0.1) is 0 Å². The van der Waals surface area contributed by atoms with Crippen molar-refractivity contribution in [3.8, 4) is 0 Å². The van der Waals surface area contributed by atoms with Crippen molar-refractivity contribution in [1.29, 1.82) is 0 Å². The Bertz CT molecular complexity index is 731. The van der Waals surface area contributed by atoms with Gasteiger partial charge in [0.2, 0.25) is 0 Å². The van der Waals surface area contributed by atoms with Crippen LogP contribution in [0.25, 0.3) is 0 Å². The first kappa shape index (κ1) is 35.4. The van der Waals surface area contributed by atoms with Gasteiger partial charge in [0, 0.05) is 16.4 Å². The smallest absolute Gasteiger partial charge is 0.152 e. The molecule has 3 heteroatoms. The zero-order valence-corrected chi connectivity index (χ0v) is 25.5. The van der Waals surface area contributed by atoms with Crippen LogP contribution >= 0.6 is 15.9 Å². The van der Waals surface area contributed by atoms with Crippen molar-refractivity contribution in [2.24, 2.45) is 5.92 Å². The summed E-state index contributed by atoms with van der Waals surface area (Å²) >= 11 is 3.42. The Labute approximate surface area is 226 Å². The quantitative estimate of drug-likeness (QED) is 0.219. The second-order valence-corrected chi connectivity index (χ2v) is 10.3. The van der Waals surface area contributed by atoms with Crippen LogP contribution in [0, 0.1) is 19.8 Å². The number of unbranched alkanes of at least 4 members (excludes halogenated alkanes) is 3. The van der Waals surface area contributed by atoms with Crippen LogP contribution in [0.15, 0.2) is 59.7 Å². The standard InChI is InChI=1S/C11H24.C10H13Br.C7H9N.C4H6O/c1-4-6-7-8-10-11(3)9-5-2;1-3-8(2)9-4-6-10(11)7-5-9;1-6-3-4-7(2)8-5-6;1-3-4(2)5/h11H,4-10H2,1-3H3;4-8H,3H2,1-2H3;3-5H,1-2H3;3H,1H2,2H3/t;8-;;/m.1../s1. The third-order valence-electron chi connectivity index (χ3n) is 5.73. The fraction of sp³-hybridized carbons (Fsp3) is 0.562. The number of aromatic nitrogens is 1. The molecule has 0 saturated carbocycles. The van der Waals surface area contributed by atoms with Crippen LogP contribution in [-0.2, 0) is 4.79 Å². The summed E-state index contributed by atoms with van der Waals surface area (Å²) in [5, 5.41) is 0. The molecular weight excluding hydrogens is 494 g/mol. The summed E-state index contributed by atoms with van der Waals surface area (Å²) in [4.78, 5) is 13.8. The van der Waals surface area contributed by atoms with E-state index in [1.807, 2.05) is 26.1 Å². The molecule has 2 rings (SSSR count). The number of rotatable bonds is 10. The second kappa shape index (κ2) is 24.0. The molecule has 0 spiro atoms. The van der Waals surface area contributed by atoms with E-state index in [1.165, 1.54) is 75.5 Å². The Kier molecular flexibility index (Phi) is 24.3. The number of benzene rings is 1. The lowest BCUT2D eigenvalue weighted by molar-refractivity contribution is -0.112. The molecule has 198 valence electrons. The summed E-state index contributed by atoms with van der Waals surface area (Å²) < 4.78 is 1.16. The fourth-order valence-corrected chi connectivity index (χ4v) is 3.39. The average Bonchev–Trinajstić information content (AvgIpc) is 2.85. The van der Waals surface area contributed by atoms with Gasteiger partial charge in [0.25, 0.3) is 0 Å². The Hall–Kier alpha value is -1.74. The average molecular weight is 547 g/mol. The molecular formula is C32H52BrNO. The summed E-state index contributed by atoms with van der Waals surface area (Å²) in [6.45, 7) is 20.1. The van der Waals surface area contributed by atoms with E-state index >= 15 is 0 Å². The molecule has 0 radical (unpaired) electrons. The first-order valence-corrected chi connectivity index (χ1v) is 14.2. The molecule has 0 N–H and O–H groups in total. The summed E-state index contributed by atoms with van der Waals surface area (Å²) in [6, 6.07) is 12.6. The van der Waals surface area contributed by atoms with Crippen LogP contribution in [-0.4, -0.2) is 10.8 Å². The van der Waals surface area contributed by atoms with Crippen molar-refractivity contribution in [3.05, 3.63) is 76.5 Å². The number of halogens is 1. The SMILES string of the molecule is C=CC(C)=O.CCCCCCC(C)CCC.CC[C@@H](C)c1ccc(Br)cc1.Cc1ccc(C)nc1. The molecule has 0 aliphatic carbocycles. The minimum absolute atomic E-state index is 0.0185. The lowest BCUT2D eigenvalue weighted by atomic mass is 9.98. The molecule has 0 aliphatic rings. The highest BCUT2D eigenvalue weighted by Crippen LogP contribution is 2.20. The first-order chi connectivity index (χ1) is 16.6. The summed E-state index contributed by atoms with van der Waals surface area (Å²) in [5.41, 5.74) is 3.72. The zero-order chi connectivity index (χ0) is 27.1. The van der Waals surface area contributed by atoms with Gasteiger partial charge in [0.05, 0.1) is 0 Å². The van der Waals surface area contributed by atoms with Crippen LogP contribution in [0.5, 0.6) is 0 Å². The molecule has 1 heterocycles. The van der Waals surface area contributed by atoms with Crippen LogP contribution in [0.1, 0.15) is 116 Å². The molecule has 2 aromatic rings. The predicted octanol–water partition coefficient (Wildman–Crippen LogP) is 10.8. The molecule has 35 heavy (non-hydrogen) atoms. The van der Waals surface area contributed by atoms with Crippen molar-refractivity contribution in [2.45, 2.75) is 113 Å². The van der Waals surface area contributed by atoms with Crippen molar-refractivity contribution >= 4 is 21.7 Å². The predicted molar refractivity (Wildman–Crippen MR) is 160 cm³/mol. The van der Waals surface area contributed by atoms with Gasteiger partial charge in [-0.25, -0.2) is 0 Å². The molecule has 0 bridgehead atoms. The molecule has 2 nitrogen and oxygen atoms in total. The molecule has 2 atom stereocenters. The van der Waals surface area contributed by atoms with E-state index in [1.54, 1.807) is 0 Å². The van der Waals surface area contributed by atoms with Crippen LogP contribution in [0.2, 0.25) is 0 Å². The number of allylic oxidation sites excluding steroid dienone is 1. The van der Waals surface area contributed by atoms with Gasteiger partial charge in [-0.3, -0.25) is 9.78 Å². The Morgan fingerprint density at radius 1 is 0.943 bits per heavy atom. The van der Waals surface area contributed by atoms with Crippen molar-refractivity contribution in [3.63, 3.8) is 0 Å². The normalized spacial score (nSPS) is 11.3. The molecule has 0 aliphatic heterocycles. The number of aryl methyl sites for hydroxylation is 2. The maximum atomic E-state index is 9.69. The van der Waals surface area contributed by atoms with Crippen LogP contribution in [0.3, 0.4) is 0 Å². The molecule has 1 aromatic heterocycles.